The first-order valence-electron chi connectivity index (χ1n) is 11.5. The van der Waals surface area contributed by atoms with E-state index in [0.717, 1.165) is 44.3 Å². The Kier molecular flexibility index (Phi) is 5.69. The zero-order valence-corrected chi connectivity index (χ0v) is 18.2. The summed E-state index contributed by atoms with van der Waals surface area (Å²) in [7, 11) is 1.39. The highest BCUT2D eigenvalue weighted by Crippen LogP contribution is 2.31. The molecule has 4 unspecified atom stereocenters. The fraction of sp³-hybridized carbons (Fsp3) is 0.565. The molecule has 170 valence electrons. The van der Waals surface area contributed by atoms with Crippen molar-refractivity contribution in [1.29, 1.82) is 0 Å². The summed E-state index contributed by atoms with van der Waals surface area (Å²) in [6, 6.07) is 4.90. The number of nitrogens with one attached hydrogen (secondary N) is 3. The molecular formula is C23H29N5O4. The molecule has 2 aromatic rings. The maximum Gasteiger partial charge on any atom is 0.324 e. The van der Waals surface area contributed by atoms with E-state index in [2.05, 4.69) is 16.2 Å². The van der Waals surface area contributed by atoms with Gasteiger partial charge in [0.05, 0.1) is 18.0 Å². The molecule has 3 N–H and O–H groups in total. The lowest BCUT2D eigenvalue weighted by Gasteiger charge is -2.32. The summed E-state index contributed by atoms with van der Waals surface area (Å²) in [6.45, 7) is 0.708. The molecule has 2 aliphatic heterocycles. The number of carbonyl (C=O) groups is 2. The van der Waals surface area contributed by atoms with Crippen LogP contribution in [0, 0.1) is 5.92 Å². The zero-order chi connectivity index (χ0) is 22.2. The smallest absolute Gasteiger partial charge is 0.324 e. The average Bonchev–Trinajstić information content (AvgIpc) is 3.07. The molecule has 9 nitrogen and oxygen atoms in total. The number of hydrazine groups is 1. The van der Waals surface area contributed by atoms with E-state index in [1.165, 1.54) is 7.11 Å². The van der Waals surface area contributed by atoms with E-state index < -0.39 is 6.04 Å². The molecule has 0 spiro atoms. The second-order valence-electron chi connectivity index (χ2n) is 9.07. The number of carbonyl (C=O) groups excluding carboxylic acids is 2. The molecular weight excluding hydrogens is 410 g/mol. The molecule has 32 heavy (non-hydrogen) atoms. The second-order valence-corrected chi connectivity index (χ2v) is 9.07. The summed E-state index contributed by atoms with van der Waals surface area (Å²) in [5, 5.41) is 3.67. The summed E-state index contributed by atoms with van der Waals surface area (Å²) in [6.07, 6.45) is 6.28. The minimum Gasteiger partial charge on any atom is -0.468 e. The fourth-order valence-electron chi connectivity index (χ4n) is 5.38. The Hall–Kier alpha value is -2.78. The van der Waals surface area contributed by atoms with Gasteiger partial charge in [0.15, 0.2) is 0 Å². The molecule has 1 aliphatic carbocycles. The number of esters is 1. The number of hydrogen-bond acceptors (Lipinski definition) is 7. The molecule has 2 fully saturated rings. The highest BCUT2D eigenvalue weighted by Gasteiger charge is 2.44. The molecule has 0 bridgehead atoms. The van der Waals surface area contributed by atoms with Gasteiger partial charge in [0.2, 0.25) is 0 Å². The maximum atomic E-state index is 13.0. The summed E-state index contributed by atoms with van der Waals surface area (Å²) in [4.78, 5) is 42.7. The normalized spacial score (nSPS) is 27.3. The third kappa shape index (κ3) is 3.80. The van der Waals surface area contributed by atoms with Gasteiger partial charge in [-0.3, -0.25) is 24.4 Å². The summed E-state index contributed by atoms with van der Waals surface area (Å²) < 4.78 is 6.69. The van der Waals surface area contributed by atoms with Crippen LogP contribution in [0.25, 0.3) is 10.9 Å². The number of nitrogens with zero attached hydrogens (tertiary/aromatic N) is 2. The van der Waals surface area contributed by atoms with Gasteiger partial charge in [-0.2, -0.15) is 0 Å². The molecule has 5 rings (SSSR count). The molecule has 3 aliphatic rings. The van der Waals surface area contributed by atoms with Crippen LogP contribution in [-0.2, 0) is 22.5 Å². The number of rotatable bonds is 3. The molecule has 0 radical (unpaired) electrons. The van der Waals surface area contributed by atoms with Crippen molar-refractivity contribution in [1.82, 2.24) is 25.7 Å². The first-order valence-corrected chi connectivity index (χ1v) is 11.5. The monoisotopic (exact) mass is 439 g/mol. The number of hydrogen-bond donors (Lipinski definition) is 3. The van der Waals surface area contributed by atoms with Crippen molar-refractivity contribution in [2.75, 3.05) is 7.11 Å². The Bertz CT molecular complexity index is 1110. The van der Waals surface area contributed by atoms with E-state index in [0.29, 0.717) is 29.4 Å². The molecule has 9 heteroatoms. The summed E-state index contributed by atoms with van der Waals surface area (Å²) in [5.74, 6) is 0.407. The molecule has 1 aromatic carbocycles. The Morgan fingerprint density at radius 3 is 2.91 bits per heavy atom. The minimum absolute atomic E-state index is 0.0211. The Morgan fingerprint density at radius 2 is 2.06 bits per heavy atom. The third-order valence-corrected chi connectivity index (χ3v) is 7.12. The lowest BCUT2D eigenvalue weighted by atomic mass is 9.79. The zero-order valence-electron chi connectivity index (χ0n) is 18.2. The molecule has 3 heterocycles. The number of ether oxygens (including phenoxy) is 1. The van der Waals surface area contributed by atoms with Crippen molar-refractivity contribution in [3.63, 3.8) is 0 Å². The SMILES string of the molecule is COC(=O)C1NNC2CCC(NC(=O)c3ccc4c(=O)n5c(nc4c3)CCCCC5)CC21. The lowest BCUT2D eigenvalue weighted by Crippen LogP contribution is -2.46. The van der Waals surface area contributed by atoms with E-state index in [4.69, 9.17) is 9.72 Å². The van der Waals surface area contributed by atoms with Crippen LogP contribution in [0.3, 0.4) is 0 Å². The van der Waals surface area contributed by atoms with Crippen molar-refractivity contribution in [3.05, 3.63) is 39.9 Å². The van der Waals surface area contributed by atoms with Crippen LogP contribution in [0.4, 0.5) is 0 Å². The van der Waals surface area contributed by atoms with Crippen LogP contribution in [0.1, 0.15) is 54.7 Å². The Labute approximate surface area is 185 Å². The van der Waals surface area contributed by atoms with Crippen LogP contribution in [0.2, 0.25) is 0 Å². The highest BCUT2D eigenvalue weighted by molar-refractivity contribution is 5.97. The van der Waals surface area contributed by atoms with Gasteiger partial charge in [0.1, 0.15) is 11.9 Å². The number of aryl methyl sites for hydroxylation is 1. The first kappa shape index (κ1) is 21.1. The Morgan fingerprint density at radius 1 is 1.19 bits per heavy atom. The van der Waals surface area contributed by atoms with Gasteiger partial charge in [-0.15, -0.1) is 0 Å². The quantitative estimate of drug-likeness (QED) is 0.612. The maximum absolute atomic E-state index is 13.0. The molecule has 1 aromatic heterocycles. The third-order valence-electron chi connectivity index (χ3n) is 7.12. The standard InChI is InChI=1S/C23H29N5O4/c1-32-23(31)20-16-12-14(7-9-17(16)26-27-20)24-21(29)13-6-8-15-18(11-13)25-19-5-3-2-4-10-28(19)22(15)30/h6,8,11,14,16-17,20,26-27H,2-5,7,9-10,12H2,1H3,(H,24,29). The van der Waals surface area contributed by atoms with Gasteiger partial charge in [0, 0.05) is 36.5 Å². The Balaban J connectivity index is 1.34. The van der Waals surface area contributed by atoms with Crippen LogP contribution < -0.4 is 21.7 Å². The van der Waals surface area contributed by atoms with E-state index in [1.54, 1.807) is 22.8 Å². The number of fused-ring (bicyclic) bond motifs is 3. The highest BCUT2D eigenvalue weighted by atomic mass is 16.5. The van der Waals surface area contributed by atoms with Crippen molar-refractivity contribution in [2.24, 2.45) is 5.92 Å². The minimum atomic E-state index is -0.405. The van der Waals surface area contributed by atoms with Gasteiger partial charge in [0.25, 0.3) is 11.5 Å². The number of aromatic nitrogens is 2. The number of benzene rings is 1. The van der Waals surface area contributed by atoms with Gasteiger partial charge >= 0.3 is 5.97 Å². The fourth-order valence-corrected chi connectivity index (χ4v) is 5.38. The predicted molar refractivity (Wildman–Crippen MR) is 118 cm³/mol. The van der Waals surface area contributed by atoms with Crippen LogP contribution in [-0.4, -0.2) is 46.7 Å². The van der Waals surface area contributed by atoms with E-state index in [9.17, 15) is 14.4 Å². The molecule has 1 saturated carbocycles. The largest absolute Gasteiger partial charge is 0.468 e. The number of methoxy groups -OCH3 is 1. The second kappa shape index (κ2) is 8.63. The van der Waals surface area contributed by atoms with E-state index >= 15 is 0 Å². The van der Waals surface area contributed by atoms with E-state index in [-0.39, 0.29) is 35.4 Å². The summed E-state index contributed by atoms with van der Waals surface area (Å²) >= 11 is 0. The number of amides is 1. The van der Waals surface area contributed by atoms with Gasteiger partial charge < -0.3 is 10.1 Å². The van der Waals surface area contributed by atoms with Crippen molar-refractivity contribution in [2.45, 2.75) is 69.6 Å². The predicted octanol–water partition coefficient (Wildman–Crippen LogP) is 1.04. The van der Waals surface area contributed by atoms with Crippen LogP contribution in [0.5, 0.6) is 0 Å². The first-order chi connectivity index (χ1) is 15.5. The van der Waals surface area contributed by atoms with Crippen molar-refractivity contribution < 1.29 is 14.3 Å². The molecule has 4 atom stereocenters. The van der Waals surface area contributed by atoms with Crippen LogP contribution in [0.15, 0.2) is 23.0 Å². The molecule has 1 amide bonds. The van der Waals surface area contributed by atoms with Gasteiger partial charge in [-0.1, -0.05) is 6.42 Å². The van der Waals surface area contributed by atoms with Crippen molar-refractivity contribution in [3.8, 4) is 0 Å². The van der Waals surface area contributed by atoms with E-state index in [1.807, 2.05) is 0 Å². The average molecular weight is 440 g/mol. The summed E-state index contributed by atoms with van der Waals surface area (Å²) in [5.41, 5.74) is 7.27. The van der Waals surface area contributed by atoms with Crippen LogP contribution >= 0.6 is 0 Å². The van der Waals surface area contributed by atoms with Gasteiger partial charge in [-0.05, 0) is 50.3 Å². The molecule has 1 saturated heterocycles. The topological polar surface area (TPSA) is 114 Å². The lowest BCUT2D eigenvalue weighted by molar-refractivity contribution is -0.144. The van der Waals surface area contributed by atoms with Crippen molar-refractivity contribution >= 4 is 22.8 Å². The van der Waals surface area contributed by atoms with Gasteiger partial charge in [-0.25, -0.2) is 10.4 Å².